The van der Waals surface area contributed by atoms with E-state index in [1.165, 1.54) is 22.3 Å². The number of carbonyl (C=O) groups excluding carboxylic acids is 1. The zero-order chi connectivity index (χ0) is 18.2. The Morgan fingerprint density at radius 2 is 1.59 bits per heavy atom. The molecule has 0 saturated heterocycles. The lowest BCUT2D eigenvalue weighted by Crippen LogP contribution is -2.39. The summed E-state index contributed by atoms with van der Waals surface area (Å²) >= 11 is 0. The average Bonchev–Trinajstić information content (AvgIpc) is 3.24. The van der Waals surface area contributed by atoms with E-state index in [4.69, 9.17) is 4.42 Å². The second-order valence-corrected chi connectivity index (χ2v) is 7.67. The predicted molar refractivity (Wildman–Crippen MR) is 105 cm³/mol. The molecule has 3 aromatic rings. The van der Waals surface area contributed by atoms with E-state index in [9.17, 15) is 4.79 Å². The number of amides is 1. The van der Waals surface area contributed by atoms with E-state index in [2.05, 4.69) is 53.8 Å². The molecule has 1 amide bonds. The SMILES string of the molecule is O=C(CCc1ccco1)NC[C@H]1CC2c3ccccc3C1c1ccccc12. The second-order valence-electron chi connectivity index (χ2n) is 7.67. The summed E-state index contributed by atoms with van der Waals surface area (Å²) in [5, 5.41) is 3.18. The van der Waals surface area contributed by atoms with Gasteiger partial charge in [0.2, 0.25) is 5.91 Å². The molecule has 1 N–H and O–H groups in total. The van der Waals surface area contributed by atoms with Crippen LogP contribution in [0.5, 0.6) is 0 Å². The summed E-state index contributed by atoms with van der Waals surface area (Å²) in [5.41, 5.74) is 5.84. The fourth-order valence-corrected chi connectivity index (χ4v) is 4.98. The molecule has 0 radical (unpaired) electrons. The van der Waals surface area contributed by atoms with Gasteiger partial charge in [-0.3, -0.25) is 4.79 Å². The molecule has 0 aliphatic heterocycles. The van der Waals surface area contributed by atoms with E-state index in [0.717, 1.165) is 18.7 Å². The van der Waals surface area contributed by atoms with Gasteiger partial charge >= 0.3 is 0 Å². The molecular formula is C24H23NO2. The van der Waals surface area contributed by atoms with E-state index in [1.807, 2.05) is 12.1 Å². The van der Waals surface area contributed by atoms with Gasteiger partial charge in [0.25, 0.3) is 0 Å². The van der Waals surface area contributed by atoms with Crippen molar-refractivity contribution in [1.82, 2.24) is 5.32 Å². The third kappa shape index (κ3) is 2.87. The van der Waals surface area contributed by atoms with Crippen LogP contribution in [0.1, 0.15) is 52.7 Å². The maximum atomic E-state index is 12.3. The van der Waals surface area contributed by atoms with Crippen LogP contribution in [0, 0.1) is 5.92 Å². The van der Waals surface area contributed by atoms with Gasteiger partial charge in [-0.05, 0) is 46.7 Å². The molecule has 0 unspecified atom stereocenters. The smallest absolute Gasteiger partial charge is 0.220 e. The number of benzene rings is 2. The van der Waals surface area contributed by atoms with Gasteiger partial charge in [-0.25, -0.2) is 0 Å². The van der Waals surface area contributed by atoms with E-state index in [-0.39, 0.29) is 5.91 Å². The van der Waals surface area contributed by atoms with Crippen LogP contribution in [0.2, 0.25) is 0 Å². The van der Waals surface area contributed by atoms with Crippen molar-refractivity contribution in [2.24, 2.45) is 5.92 Å². The van der Waals surface area contributed by atoms with Crippen LogP contribution in [0.15, 0.2) is 71.3 Å². The Kier molecular flexibility index (Phi) is 4.08. The lowest BCUT2D eigenvalue weighted by molar-refractivity contribution is -0.121. The van der Waals surface area contributed by atoms with Crippen LogP contribution < -0.4 is 5.32 Å². The first-order valence-corrected chi connectivity index (χ1v) is 9.78. The van der Waals surface area contributed by atoms with E-state index >= 15 is 0 Å². The van der Waals surface area contributed by atoms with Crippen molar-refractivity contribution >= 4 is 5.91 Å². The maximum absolute atomic E-state index is 12.3. The van der Waals surface area contributed by atoms with Gasteiger partial charge in [-0.1, -0.05) is 48.5 Å². The van der Waals surface area contributed by atoms with Crippen molar-refractivity contribution in [3.8, 4) is 0 Å². The molecule has 3 nitrogen and oxygen atoms in total. The summed E-state index contributed by atoms with van der Waals surface area (Å²) in [7, 11) is 0. The Hall–Kier alpha value is -2.81. The molecular weight excluding hydrogens is 334 g/mol. The number of hydrogen-bond acceptors (Lipinski definition) is 2. The number of carbonyl (C=O) groups is 1. The molecule has 27 heavy (non-hydrogen) atoms. The minimum atomic E-state index is 0.106. The zero-order valence-electron chi connectivity index (χ0n) is 15.2. The number of aryl methyl sites for hydroxylation is 1. The van der Waals surface area contributed by atoms with Gasteiger partial charge in [-0.2, -0.15) is 0 Å². The highest BCUT2D eigenvalue weighted by molar-refractivity contribution is 5.76. The quantitative estimate of drug-likeness (QED) is 0.724. The van der Waals surface area contributed by atoms with Gasteiger partial charge in [0.1, 0.15) is 5.76 Å². The molecule has 0 saturated carbocycles. The van der Waals surface area contributed by atoms with Gasteiger partial charge in [0, 0.05) is 31.2 Å². The number of hydrogen-bond donors (Lipinski definition) is 1. The molecule has 3 aliphatic carbocycles. The monoisotopic (exact) mass is 357 g/mol. The first-order chi connectivity index (χ1) is 13.3. The van der Waals surface area contributed by atoms with E-state index in [1.54, 1.807) is 6.26 Å². The normalized spacial score (nSPS) is 22.1. The largest absolute Gasteiger partial charge is 0.469 e. The molecule has 2 aromatic carbocycles. The van der Waals surface area contributed by atoms with Crippen LogP contribution in [-0.4, -0.2) is 12.5 Å². The summed E-state index contributed by atoms with van der Waals surface area (Å²) in [5.74, 6) is 2.26. The Balaban J connectivity index is 1.32. The molecule has 1 aromatic heterocycles. The van der Waals surface area contributed by atoms with Gasteiger partial charge in [-0.15, -0.1) is 0 Å². The van der Waals surface area contributed by atoms with Crippen LogP contribution in [0.3, 0.4) is 0 Å². The molecule has 2 bridgehead atoms. The molecule has 3 aliphatic rings. The maximum Gasteiger partial charge on any atom is 0.220 e. The first kappa shape index (κ1) is 16.4. The summed E-state index contributed by atoms with van der Waals surface area (Å²) in [6.07, 6.45) is 3.89. The topological polar surface area (TPSA) is 42.2 Å². The summed E-state index contributed by atoms with van der Waals surface area (Å²) in [4.78, 5) is 12.3. The molecule has 1 heterocycles. The molecule has 0 spiro atoms. The number of furan rings is 1. The van der Waals surface area contributed by atoms with Gasteiger partial charge in [0.05, 0.1) is 6.26 Å². The average molecular weight is 357 g/mol. The highest BCUT2D eigenvalue weighted by Gasteiger charge is 2.42. The van der Waals surface area contributed by atoms with Gasteiger partial charge < -0.3 is 9.73 Å². The van der Waals surface area contributed by atoms with Crippen LogP contribution in [0.25, 0.3) is 0 Å². The predicted octanol–water partition coefficient (Wildman–Crippen LogP) is 4.63. The van der Waals surface area contributed by atoms with E-state index < -0.39 is 0 Å². The lowest BCUT2D eigenvalue weighted by atomic mass is 9.59. The number of fused-ring (bicyclic) bond motifs is 1. The first-order valence-electron chi connectivity index (χ1n) is 9.78. The lowest BCUT2D eigenvalue weighted by Gasteiger charge is -2.45. The third-order valence-corrected chi connectivity index (χ3v) is 6.16. The Morgan fingerprint density at radius 1 is 0.926 bits per heavy atom. The standard InChI is InChI=1S/C24H23NO2/c26-23(12-11-17-6-5-13-27-17)25-15-16-14-22-18-7-1-3-9-20(18)24(16)21-10-4-2-8-19(21)22/h1-10,13,16,22,24H,11-12,14-15H2,(H,25,26)/t16-,22?,24?/m1/s1. The van der Waals surface area contributed by atoms with Crippen molar-refractivity contribution < 1.29 is 9.21 Å². The van der Waals surface area contributed by atoms with Crippen LogP contribution >= 0.6 is 0 Å². The van der Waals surface area contributed by atoms with Crippen molar-refractivity contribution in [1.29, 1.82) is 0 Å². The molecule has 0 fully saturated rings. The summed E-state index contributed by atoms with van der Waals surface area (Å²) in [6.45, 7) is 0.737. The Labute approximate surface area is 159 Å². The number of rotatable bonds is 5. The molecule has 1 atom stereocenters. The van der Waals surface area contributed by atoms with Crippen molar-refractivity contribution in [3.63, 3.8) is 0 Å². The van der Waals surface area contributed by atoms with E-state index in [0.29, 0.717) is 30.6 Å². The summed E-state index contributed by atoms with van der Waals surface area (Å²) < 4.78 is 5.32. The fourth-order valence-electron chi connectivity index (χ4n) is 4.98. The molecule has 6 rings (SSSR count). The summed E-state index contributed by atoms with van der Waals surface area (Å²) in [6, 6.07) is 21.5. The van der Waals surface area contributed by atoms with Crippen molar-refractivity contribution in [2.75, 3.05) is 6.54 Å². The Bertz CT molecular complexity index is 913. The van der Waals surface area contributed by atoms with Gasteiger partial charge in [0.15, 0.2) is 0 Å². The fraction of sp³-hybridized carbons (Fsp3) is 0.292. The highest BCUT2D eigenvalue weighted by atomic mass is 16.3. The highest BCUT2D eigenvalue weighted by Crippen LogP contribution is 2.55. The van der Waals surface area contributed by atoms with Crippen LogP contribution in [0.4, 0.5) is 0 Å². The Morgan fingerprint density at radius 3 is 2.22 bits per heavy atom. The molecule has 3 heteroatoms. The van der Waals surface area contributed by atoms with Crippen molar-refractivity contribution in [2.45, 2.75) is 31.1 Å². The number of nitrogens with one attached hydrogen (secondary N) is 1. The minimum Gasteiger partial charge on any atom is -0.469 e. The van der Waals surface area contributed by atoms with Crippen LogP contribution in [-0.2, 0) is 11.2 Å². The third-order valence-electron chi connectivity index (χ3n) is 6.16. The zero-order valence-corrected chi connectivity index (χ0v) is 15.2. The minimum absolute atomic E-state index is 0.106. The second kappa shape index (κ2) is 6.73. The molecule has 136 valence electrons. The van der Waals surface area contributed by atoms with Crippen molar-refractivity contribution in [3.05, 3.63) is 94.9 Å².